The highest BCUT2D eigenvalue weighted by Crippen LogP contribution is 2.34. The number of carbonyl (C=O) groups is 3. The number of rotatable bonds is 9. The number of anilines is 1. The van der Waals surface area contributed by atoms with Crippen LogP contribution in [0.25, 0.3) is 22.5 Å². The molecular formula is C28H26N2O8. The Bertz CT molecular complexity index is 1530. The highest BCUT2D eigenvalue weighted by molar-refractivity contribution is 5.94. The van der Waals surface area contributed by atoms with Gasteiger partial charge in [0.15, 0.2) is 5.58 Å². The van der Waals surface area contributed by atoms with Gasteiger partial charge in [0.05, 0.1) is 31.8 Å². The number of nitrogens with one attached hydrogen (secondary N) is 2. The summed E-state index contributed by atoms with van der Waals surface area (Å²) in [4.78, 5) is 49.1. The molecule has 2 heterocycles. The van der Waals surface area contributed by atoms with Crippen LogP contribution in [0.2, 0.25) is 0 Å². The molecule has 0 saturated heterocycles. The molecule has 2 aromatic carbocycles. The molecule has 2 aromatic heterocycles. The summed E-state index contributed by atoms with van der Waals surface area (Å²) in [5.41, 5.74) is 1.85. The molecule has 10 heteroatoms. The smallest absolute Gasteiger partial charge is 0.337 e. The predicted octanol–water partition coefficient (Wildman–Crippen LogP) is 3.84. The van der Waals surface area contributed by atoms with Gasteiger partial charge in [-0.25, -0.2) is 4.79 Å². The molecule has 0 spiro atoms. The van der Waals surface area contributed by atoms with Gasteiger partial charge in [0.2, 0.25) is 22.8 Å². The van der Waals surface area contributed by atoms with Crippen LogP contribution in [0.15, 0.2) is 68.2 Å². The number of hydrogen-bond acceptors (Lipinski definition) is 8. The van der Waals surface area contributed by atoms with E-state index < -0.39 is 5.97 Å². The van der Waals surface area contributed by atoms with Gasteiger partial charge in [0.25, 0.3) is 0 Å². The lowest BCUT2D eigenvalue weighted by Crippen LogP contribution is -2.29. The molecule has 0 aliphatic carbocycles. The minimum Gasteiger partial charge on any atom is -0.497 e. The van der Waals surface area contributed by atoms with Crippen LogP contribution >= 0.6 is 0 Å². The van der Waals surface area contributed by atoms with Crippen LogP contribution in [-0.4, -0.2) is 38.5 Å². The van der Waals surface area contributed by atoms with Crippen molar-refractivity contribution in [3.63, 3.8) is 0 Å². The third-order valence-electron chi connectivity index (χ3n) is 5.73. The van der Waals surface area contributed by atoms with E-state index >= 15 is 0 Å². The first-order valence-electron chi connectivity index (χ1n) is 11.7. The largest absolute Gasteiger partial charge is 0.497 e. The van der Waals surface area contributed by atoms with Gasteiger partial charge in [-0.15, -0.1) is 0 Å². The topological polar surface area (TPSA) is 137 Å². The second kappa shape index (κ2) is 11.5. The zero-order chi connectivity index (χ0) is 27.2. The fourth-order valence-corrected chi connectivity index (χ4v) is 3.87. The van der Waals surface area contributed by atoms with Crippen molar-refractivity contribution in [1.82, 2.24) is 5.32 Å². The van der Waals surface area contributed by atoms with Gasteiger partial charge in [-0.3, -0.25) is 14.4 Å². The number of aryl methyl sites for hydroxylation is 1. The van der Waals surface area contributed by atoms with Gasteiger partial charge in [0, 0.05) is 30.3 Å². The maximum atomic E-state index is 12.8. The van der Waals surface area contributed by atoms with Gasteiger partial charge < -0.3 is 28.9 Å². The molecule has 0 aliphatic heterocycles. The Balaban J connectivity index is 1.43. The third kappa shape index (κ3) is 5.92. The predicted molar refractivity (Wildman–Crippen MR) is 139 cm³/mol. The molecule has 10 nitrogen and oxygen atoms in total. The molecule has 4 rings (SSSR count). The molecule has 38 heavy (non-hydrogen) atoms. The number of carbonyl (C=O) groups excluding carboxylic acids is 3. The SMILES string of the molecule is COC(=O)c1ccc(NC(=O)CCNC(=O)Cc2c(-c3ccc(OC)cc3)oc3c(=O)cc(C)oc23)cc1. The van der Waals surface area contributed by atoms with E-state index in [-0.39, 0.29) is 47.8 Å². The molecule has 4 aromatic rings. The lowest BCUT2D eigenvalue weighted by Gasteiger charge is -2.08. The van der Waals surface area contributed by atoms with Crippen molar-refractivity contribution >= 4 is 34.6 Å². The number of ether oxygens (including phenoxy) is 2. The fourth-order valence-electron chi connectivity index (χ4n) is 3.87. The van der Waals surface area contributed by atoms with E-state index in [1.807, 2.05) is 0 Å². The molecule has 2 N–H and O–H groups in total. The molecule has 0 unspecified atom stereocenters. The first-order chi connectivity index (χ1) is 18.3. The Morgan fingerprint density at radius 3 is 2.26 bits per heavy atom. The number of fused-ring (bicyclic) bond motifs is 1. The summed E-state index contributed by atoms with van der Waals surface area (Å²) >= 11 is 0. The summed E-state index contributed by atoms with van der Waals surface area (Å²) in [5.74, 6) is 0.222. The molecule has 2 amide bonds. The number of hydrogen-bond donors (Lipinski definition) is 2. The van der Waals surface area contributed by atoms with Crippen molar-refractivity contribution in [3.05, 3.63) is 81.7 Å². The number of amides is 2. The van der Waals surface area contributed by atoms with Crippen LogP contribution in [0.3, 0.4) is 0 Å². The highest BCUT2D eigenvalue weighted by Gasteiger charge is 2.23. The van der Waals surface area contributed by atoms with Crippen LogP contribution in [0.1, 0.15) is 28.1 Å². The van der Waals surface area contributed by atoms with E-state index in [0.717, 1.165) is 0 Å². The Morgan fingerprint density at radius 2 is 1.61 bits per heavy atom. The zero-order valence-corrected chi connectivity index (χ0v) is 21.1. The summed E-state index contributed by atoms with van der Waals surface area (Å²) in [6, 6.07) is 14.6. The molecule has 0 bridgehead atoms. The monoisotopic (exact) mass is 518 g/mol. The fraction of sp³-hybridized carbons (Fsp3) is 0.214. The summed E-state index contributed by atoms with van der Waals surface area (Å²) in [7, 11) is 2.84. The van der Waals surface area contributed by atoms with Gasteiger partial charge in [-0.1, -0.05) is 0 Å². The van der Waals surface area contributed by atoms with Crippen LogP contribution < -0.4 is 20.8 Å². The molecule has 0 atom stereocenters. The third-order valence-corrected chi connectivity index (χ3v) is 5.73. The summed E-state index contributed by atoms with van der Waals surface area (Å²) < 4.78 is 21.5. The highest BCUT2D eigenvalue weighted by atomic mass is 16.5. The molecule has 0 fully saturated rings. The number of benzene rings is 2. The summed E-state index contributed by atoms with van der Waals surface area (Å²) in [5, 5.41) is 5.42. The van der Waals surface area contributed by atoms with Crippen molar-refractivity contribution < 1.29 is 32.7 Å². The van der Waals surface area contributed by atoms with Crippen LogP contribution in [0, 0.1) is 6.92 Å². The lowest BCUT2D eigenvalue weighted by atomic mass is 10.1. The van der Waals surface area contributed by atoms with Gasteiger partial charge in [-0.2, -0.15) is 0 Å². The zero-order valence-electron chi connectivity index (χ0n) is 21.1. The second-order valence-corrected chi connectivity index (χ2v) is 8.41. The first kappa shape index (κ1) is 26.2. The van der Waals surface area contributed by atoms with Gasteiger partial charge >= 0.3 is 5.97 Å². The second-order valence-electron chi connectivity index (χ2n) is 8.41. The standard InChI is InChI=1S/C28H26N2O8/c1-16-14-22(31)27-26(37-16)21(25(38-27)17-6-10-20(35-2)11-7-17)15-24(33)29-13-12-23(32)30-19-8-4-18(5-9-19)28(34)36-3/h4-11,14H,12-13,15H2,1-3H3,(H,29,33)(H,30,32). The van der Waals surface area contributed by atoms with E-state index in [4.69, 9.17) is 13.6 Å². The van der Waals surface area contributed by atoms with Crippen LogP contribution in [-0.2, 0) is 20.7 Å². The lowest BCUT2D eigenvalue weighted by molar-refractivity contribution is -0.120. The van der Waals surface area contributed by atoms with Crippen LogP contribution in [0.4, 0.5) is 5.69 Å². The van der Waals surface area contributed by atoms with Crippen molar-refractivity contribution in [2.45, 2.75) is 19.8 Å². The van der Waals surface area contributed by atoms with Gasteiger partial charge in [0.1, 0.15) is 17.3 Å². The van der Waals surface area contributed by atoms with Crippen LogP contribution in [0.5, 0.6) is 5.75 Å². The molecule has 196 valence electrons. The van der Waals surface area contributed by atoms with E-state index in [0.29, 0.717) is 39.6 Å². The van der Waals surface area contributed by atoms with Crippen molar-refractivity contribution in [1.29, 1.82) is 0 Å². The van der Waals surface area contributed by atoms with Gasteiger partial charge in [-0.05, 0) is 55.5 Å². The maximum absolute atomic E-state index is 12.8. The molecule has 0 saturated carbocycles. The average molecular weight is 519 g/mol. The normalized spacial score (nSPS) is 10.7. The van der Waals surface area contributed by atoms with Crippen molar-refractivity contribution in [3.8, 4) is 17.1 Å². The number of methoxy groups -OCH3 is 2. The van der Waals surface area contributed by atoms with E-state index in [9.17, 15) is 19.2 Å². The molecule has 0 radical (unpaired) electrons. The van der Waals surface area contributed by atoms with Crippen molar-refractivity contribution in [2.24, 2.45) is 0 Å². The Morgan fingerprint density at radius 1 is 0.895 bits per heavy atom. The summed E-state index contributed by atoms with van der Waals surface area (Å²) in [6.07, 6.45) is -0.104. The average Bonchev–Trinajstić information content (AvgIpc) is 3.26. The van der Waals surface area contributed by atoms with E-state index in [1.54, 1.807) is 62.6 Å². The minimum atomic E-state index is -0.472. The number of furan rings is 1. The minimum absolute atomic E-state index is 0.0240. The number of esters is 1. The van der Waals surface area contributed by atoms with E-state index in [1.165, 1.54) is 13.2 Å². The van der Waals surface area contributed by atoms with Crippen molar-refractivity contribution in [2.75, 3.05) is 26.1 Å². The van der Waals surface area contributed by atoms with E-state index in [2.05, 4.69) is 15.4 Å². The Kier molecular flexibility index (Phi) is 7.91. The molecular weight excluding hydrogens is 492 g/mol. The molecule has 0 aliphatic rings. The maximum Gasteiger partial charge on any atom is 0.337 e. The summed E-state index contributed by atoms with van der Waals surface area (Å²) in [6.45, 7) is 1.73. The Labute approximate surface area is 217 Å². The Hall–Kier alpha value is -4.86. The quantitative estimate of drug-likeness (QED) is 0.319. The first-order valence-corrected chi connectivity index (χ1v) is 11.7.